The highest BCUT2D eigenvalue weighted by molar-refractivity contribution is 6.35. The first-order valence-electron chi connectivity index (χ1n) is 7.53. The molecule has 1 N–H and O–H groups in total. The Balaban J connectivity index is 1.85. The Bertz CT molecular complexity index is 717. The van der Waals surface area contributed by atoms with E-state index < -0.39 is 0 Å². The highest BCUT2D eigenvalue weighted by Crippen LogP contribution is 2.41. The van der Waals surface area contributed by atoms with Crippen LogP contribution in [0, 0.1) is 5.41 Å². The fraction of sp³-hybridized carbons (Fsp3) is 0.412. The van der Waals surface area contributed by atoms with Crippen molar-refractivity contribution in [2.24, 2.45) is 10.4 Å². The molecule has 0 bridgehead atoms. The molecule has 23 heavy (non-hydrogen) atoms. The SMILES string of the molecule is CC(C)(C)CCOc1ccc2c(c1Cl)OC1=NCNC(=O)C1=C2. The third-order valence-electron chi connectivity index (χ3n) is 3.64. The summed E-state index contributed by atoms with van der Waals surface area (Å²) in [6.45, 7) is 7.26. The zero-order chi connectivity index (χ0) is 16.6. The highest BCUT2D eigenvalue weighted by atomic mass is 35.5. The molecule has 122 valence electrons. The van der Waals surface area contributed by atoms with Crippen molar-refractivity contribution in [3.63, 3.8) is 0 Å². The summed E-state index contributed by atoms with van der Waals surface area (Å²) >= 11 is 6.41. The number of aliphatic imine (C=N–C) groups is 1. The normalized spacial score (nSPS) is 16.4. The standard InChI is InChI=1S/C17H19ClN2O3/c1-17(2,3)6-7-22-12-5-4-10-8-11-15(21)19-9-20-16(11)23-14(10)13(12)18/h4-5,8H,6-7,9H2,1-3H3,(H,19,21). The second-order valence-electron chi connectivity index (χ2n) is 6.74. The van der Waals surface area contributed by atoms with Crippen LogP contribution in [0.25, 0.3) is 6.08 Å². The average molecular weight is 335 g/mol. The Labute approximate surface area is 140 Å². The van der Waals surface area contributed by atoms with E-state index in [0.717, 1.165) is 12.0 Å². The Morgan fingerprint density at radius 2 is 2.17 bits per heavy atom. The number of nitrogens with zero attached hydrogens (tertiary/aromatic N) is 1. The molecule has 0 fully saturated rings. The van der Waals surface area contributed by atoms with Crippen molar-refractivity contribution in [2.75, 3.05) is 13.3 Å². The first-order chi connectivity index (χ1) is 10.8. The summed E-state index contributed by atoms with van der Waals surface area (Å²) in [5.74, 6) is 1.17. The summed E-state index contributed by atoms with van der Waals surface area (Å²) < 4.78 is 11.5. The second kappa shape index (κ2) is 5.89. The first-order valence-corrected chi connectivity index (χ1v) is 7.91. The topological polar surface area (TPSA) is 59.9 Å². The Kier molecular flexibility index (Phi) is 4.06. The number of fused-ring (bicyclic) bond motifs is 2. The van der Waals surface area contributed by atoms with E-state index in [1.165, 1.54) is 0 Å². The number of amides is 1. The van der Waals surface area contributed by atoms with Crippen molar-refractivity contribution in [3.8, 4) is 11.5 Å². The van der Waals surface area contributed by atoms with E-state index >= 15 is 0 Å². The second-order valence-corrected chi connectivity index (χ2v) is 7.12. The van der Waals surface area contributed by atoms with Crippen LogP contribution in [-0.4, -0.2) is 25.1 Å². The van der Waals surface area contributed by atoms with Crippen LogP contribution >= 0.6 is 11.6 Å². The molecule has 0 atom stereocenters. The van der Waals surface area contributed by atoms with E-state index in [1.807, 2.05) is 6.07 Å². The van der Waals surface area contributed by atoms with Gasteiger partial charge in [0.05, 0.1) is 6.61 Å². The molecule has 3 rings (SSSR count). The van der Waals surface area contributed by atoms with Gasteiger partial charge < -0.3 is 14.8 Å². The number of carbonyl (C=O) groups excluding carboxylic acids is 1. The molecular weight excluding hydrogens is 316 g/mol. The van der Waals surface area contributed by atoms with Crippen molar-refractivity contribution < 1.29 is 14.3 Å². The van der Waals surface area contributed by atoms with Crippen molar-refractivity contribution in [2.45, 2.75) is 27.2 Å². The summed E-state index contributed by atoms with van der Waals surface area (Å²) in [6.07, 6.45) is 2.65. The molecule has 0 aliphatic carbocycles. The molecule has 0 spiro atoms. The molecule has 0 radical (unpaired) electrons. The predicted octanol–water partition coefficient (Wildman–Crippen LogP) is 3.42. The lowest BCUT2D eigenvalue weighted by Gasteiger charge is -2.24. The molecule has 2 heterocycles. The van der Waals surface area contributed by atoms with Gasteiger partial charge in [-0.3, -0.25) is 4.79 Å². The van der Waals surface area contributed by atoms with E-state index in [0.29, 0.717) is 34.6 Å². The fourth-order valence-corrected chi connectivity index (χ4v) is 2.54. The first kappa shape index (κ1) is 15.9. The Hall–Kier alpha value is -2.01. The summed E-state index contributed by atoms with van der Waals surface area (Å²) in [5, 5.41) is 3.05. The number of hydrogen-bond donors (Lipinski definition) is 1. The third-order valence-corrected chi connectivity index (χ3v) is 4.00. The van der Waals surface area contributed by atoms with Gasteiger partial charge in [0.25, 0.3) is 5.91 Å². The summed E-state index contributed by atoms with van der Waals surface area (Å²) in [6, 6.07) is 3.63. The number of rotatable bonds is 3. The minimum atomic E-state index is -0.192. The number of carbonyl (C=O) groups is 1. The van der Waals surface area contributed by atoms with Crippen LogP contribution in [0.15, 0.2) is 22.7 Å². The van der Waals surface area contributed by atoms with Crippen LogP contribution in [0.1, 0.15) is 32.8 Å². The van der Waals surface area contributed by atoms with E-state index in [9.17, 15) is 4.79 Å². The van der Waals surface area contributed by atoms with Crippen LogP contribution in [0.4, 0.5) is 0 Å². The number of benzene rings is 1. The van der Waals surface area contributed by atoms with Crippen molar-refractivity contribution in [1.82, 2.24) is 5.32 Å². The smallest absolute Gasteiger partial charge is 0.258 e. The molecule has 6 heteroatoms. The molecule has 0 saturated heterocycles. The quantitative estimate of drug-likeness (QED) is 0.921. The summed E-state index contributed by atoms with van der Waals surface area (Å²) in [5.41, 5.74) is 1.35. The number of hydrogen-bond acceptors (Lipinski definition) is 4. The van der Waals surface area contributed by atoms with Crippen molar-refractivity contribution >= 4 is 29.5 Å². The Morgan fingerprint density at radius 3 is 2.91 bits per heavy atom. The van der Waals surface area contributed by atoms with Crippen LogP contribution in [0.5, 0.6) is 11.5 Å². The van der Waals surface area contributed by atoms with E-state index in [-0.39, 0.29) is 18.0 Å². The molecule has 0 aromatic heterocycles. The molecule has 2 aliphatic heterocycles. The van der Waals surface area contributed by atoms with Crippen LogP contribution in [0.3, 0.4) is 0 Å². The molecule has 1 amide bonds. The van der Waals surface area contributed by atoms with Gasteiger partial charge in [-0.2, -0.15) is 0 Å². The lowest BCUT2D eigenvalue weighted by molar-refractivity contribution is -0.117. The maximum atomic E-state index is 11.8. The summed E-state index contributed by atoms with van der Waals surface area (Å²) in [4.78, 5) is 16.0. The minimum Gasteiger partial charge on any atom is -0.492 e. The molecule has 1 aromatic rings. The predicted molar refractivity (Wildman–Crippen MR) is 90.1 cm³/mol. The van der Waals surface area contributed by atoms with E-state index in [1.54, 1.807) is 12.1 Å². The maximum Gasteiger partial charge on any atom is 0.258 e. The Morgan fingerprint density at radius 1 is 1.39 bits per heavy atom. The monoisotopic (exact) mass is 334 g/mol. The molecule has 2 aliphatic rings. The minimum absolute atomic E-state index is 0.192. The van der Waals surface area contributed by atoms with E-state index in [4.69, 9.17) is 21.1 Å². The maximum absolute atomic E-state index is 11.8. The van der Waals surface area contributed by atoms with Gasteiger partial charge in [-0.05, 0) is 30.0 Å². The van der Waals surface area contributed by atoms with Gasteiger partial charge in [0, 0.05) is 5.56 Å². The summed E-state index contributed by atoms with van der Waals surface area (Å²) in [7, 11) is 0. The number of ether oxygens (including phenoxy) is 2. The molecule has 1 aromatic carbocycles. The molecule has 5 nitrogen and oxygen atoms in total. The van der Waals surface area contributed by atoms with Crippen LogP contribution in [-0.2, 0) is 4.79 Å². The third kappa shape index (κ3) is 3.34. The van der Waals surface area contributed by atoms with Gasteiger partial charge in [0.2, 0.25) is 5.90 Å². The van der Waals surface area contributed by atoms with Gasteiger partial charge in [0.1, 0.15) is 23.0 Å². The largest absolute Gasteiger partial charge is 0.492 e. The fourth-order valence-electron chi connectivity index (χ4n) is 2.28. The van der Waals surface area contributed by atoms with Crippen molar-refractivity contribution in [3.05, 3.63) is 28.3 Å². The van der Waals surface area contributed by atoms with Gasteiger partial charge in [-0.25, -0.2) is 4.99 Å². The van der Waals surface area contributed by atoms with Gasteiger partial charge in [0.15, 0.2) is 5.75 Å². The van der Waals surface area contributed by atoms with Crippen LogP contribution in [0.2, 0.25) is 5.02 Å². The van der Waals surface area contributed by atoms with Gasteiger partial charge in [-0.1, -0.05) is 32.4 Å². The highest BCUT2D eigenvalue weighted by Gasteiger charge is 2.29. The molecule has 0 unspecified atom stereocenters. The van der Waals surface area contributed by atoms with Crippen molar-refractivity contribution in [1.29, 1.82) is 0 Å². The molecular formula is C17H19ClN2O3. The molecule has 0 saturated carbocycles. The zero-order valence-electron chi connectivity index (χ0n) is 13.4. The van der Waals surface area contributed by atoms with Gasteiger partial charge >= 0.3 is 0 Å². The number of halogens is 1. The average Bonchev–Trinajstić information content (AvgIpc) is 2.48. The lowest BCUT2D eigenvalue weighted by atomic mass is 9.93. The van der Waals surface area contributed by atoms with Crippen LogP contribution < -0.4 is 14.8 Å². The van der Waals surface area contributed by atoms with E-state index in [2.05, 4.69) is 31.1 Å². The number of nitrogens with one attached hydrogen (secondary N) is 1. The zero-order valence-corrected chi connectivity index (χ0v) is 14.2. The lowest BCUT2D eigenvalue weighted by Crippen LogP contribution is -2.37. The van der Waals surface area contributed by atoms with Gasteiger partial charge in [-0.15, -0.1) is 0 Å².